The Hall–Kier alpha value is -1.32. The van der Waals surface area contributed by atoms with E-state index in [0.29, 0.717) is 24.4 Å². The van der Waals surface area contributed by atoms with Crippen molar-refractivity contribution in [3.8, 4) is 0 Å². The standard InChI is InChI=1S/C19H32O4/c1-13(2)11-22-18(20)15(5)17(16-9-7-6-8-10-16)19(21)23-12-14(3)4/h13-14,16H,6-12H2,1-5H3. The third kappa shape index (κ3) is 6.76. The highest BCUT2D eigenvalue weighted by molar-refractivity contribution is 6.00. The van der Waals surface area contributed by atoms with Crippen molar-refractivity contribution in [1.29, 1.82) is 0 Å². The predicted octanol–water partition coefficient (Wildman–Crippen LogP) is 4.28. The third-order valence-electron chi connectivity index (χ3n) is 4.04. The maximum atomic E-state index is 12.5. The van der Waals surface area contributed by atoms with Crippen molar-refractivity contribution in [2.75, 3.05) is 13.2 Å². The summed E-state index contributed by atoms with van der Waals surface area (Å²) in [6.07, 6.45) is 5.28. The highest BCUT2D eigenvalue weighted by Crippen LogP contribution is 2.32. The Balaban J connectivity index is 2.93. The van der Waals surface area contributed by atoms with Gasteiger partial charge in [-0.3, -0.25) is 0 Å². The van der Waals surface area contributed by atoms with Crippen molar-refractivity contribution in [1.82, 2.24) is 0 Å². The van der Waals surface area contributed by atoms with E-state index in [4.69, 9.17) is 9.47 Å². The molecule has 4 nitrogen and oxygen atoms in total. The summed E-state index contributed by atoms with van der Waals surface area (Å²) in [5, 5.41) is 0. The molecule has 0 atom stereocenters. The quantitative estimate of drug-likeness (QED) is 0.518. The van der Waals surface area contributed by atoms with Gasteiger partial charge in [-0.05, 0) is 37.5 Å². The second-order valence-electron chi connectivity index (χ2n) is 7.36. The summed E-state index contributed by atoms with van der Waals surface area (Å²) >= 11 is 0. The lowest BCUT2D eigenvalue weighted by Gasteiger charge is -2.25. The van der Waals surface area contributed by atoms with E-state index in [9.17, 15) is 9.59 Å². The van der Waals surface area contributed by atoms with Crippen LogP contribution in [0.4, 0.5) is 0 Å². The molecule has 1 aliphatic carbocycles. The van der Waals surface area contributed by atoms with Gasteiger partial charge in [0.1, 0.15) is 0 Å². The van der Waals surface area contributed by atoms with Crippen molar-refractivity contribution in [3.63, 3.8) is 0 Å². The van der Waals surface area contributed by atoms with Crippen molar-refractivity contribution in [2.45, 2.75) is 66.7 Å². The molecular weight excluding hydrogens is 292 g/mol. The minimum absolute atomic E-state index is 0.120. The fourth-order valence-electron chi connectivity index (χ4n) is 2.80. The zero-order chi connectivity index (χ0) is 17.4. The molecule has 1 rings (SSSR count). The van der Waals surface area contributed by atoms with Gasteiger partial charge in [0.15, 0.2) is 0 Å². The minimum Gasteiger partial charge on any atom is -0.462 e. The normalized spacial score (nSPS) is 17.2. The van der Waals surface area contributed by atoms with Crippen LogP contribution in [-0.4, -0.2) is 25.2 Å². The molecule has 23 heavy (non-hydrogen) atoms. The van der Waals surface area contributed by atoms with Gasteiger partial charge in [-0.2, -0.15) is 0 Å². The molecule has 0 aromatic carbocycles. The molecule has 1 fully saturated rings. The highest BCUT2D eigenvalue weighted by Gasteiger charge is 2.29. The summed E-state index contributed by atoms with van der Waals surface area (Å²) in [4.78, 5) is 24.8. The first kappa shape index (κ1) is 19.7. The first-order chi connectivity index (χ1) is 10.8. The smallest absolute Gasteiger partial charge is 0.334 e. The van der Waals surface area contributed by atoms with E-state index in [2.05, 4.69) is 0 Å². The molecule has 132 valence electrons. The lowest BCUT2D eigenvalue weighted by molar-refractivity contribution is -0.144. The Morgan fingerprint density at radius 2 is 1.35 bits per heavy atom. The molecule has 0 unspecified atom stereocenters. The molecule has 0 radical (unpaired) electrons. The van der Waals surface area contributed by atoms with Gasteiger partial charge in [0.25, 0.3) is 0 Å². The molecule has 0 aromatic rings. The summed E-state index contributed by atoms with van der Waals surface area (Å²) in [6.45, 7) is 10.4. The zero-order valence-electron chi connectivity index (χ0n) is 15.3. The topological polar surface area (TPSA) is 52.6 Å². The number of carbonyl (C=O) groups excluding carboxylic acids is 2. The maximum absolute atomic E-state index is 12.5. The van der Waals surface area contributed by atoms with Gasteiger partial charge in [-0.15, -0.1) is 0 Å². The Labute approximate surface area is 140 Å². The molecular formula is C19H32O4. The van der Waals surface area contributed by atoms with Crippen LogP contribution in [0.25, 0.3) is 0 Å². The van der Waals surface area contributed by atoms with E-state index in [-0.39, 0.29) is 29.7 Å². The van der Waals surface area contributed by atoms with E-state index >= 15 is 0 Å². The molecule has 0 amide bonds. The van der Waals surface area contributed by atoms with E-state index in [1.165, 1.54) is 6.42 Å². The Morgan fingerprint density at radius 3 is 1.83 bits per heavy atom. The van der Waals surface area contributed by atoms with Crippen molar-refractivity contribution < 1.29 is 19.1 Å². The van der Waals surface area contributed by atoms with Crippen LogP contribution in [0, 0.1) is 17.8 Å². The van der Waals surface area contributed by atoms with Crippen LogP contribution in [0.5, 0.6) is 0 Å². The van der Waals surface area contributed by atoms with Crippen molar-refractivity contribution in [3.05, 3.63) is 11.1 Å². The summed E-state index contributed by atoms with van der Waals surface area (Å²) in [5.41, 5.74) is 0.963. The monoisotopic (exact) mass is 324 g/mol. The van der Waals surface area contributed by atoms with E-state index in [1.807, 2.05) is 27.7 Å². The Bertz CT molecular complexity index is 429. The molecule has 0 heterocycles. The van der Waals surface area contributed by atoms with Crippen LogP contribution >= 0.6 is 0 Å². The average molecular weight is 324 g/mol. The number of hydrogen-bond donors (Lipinski definition) is 0. The fraction of sp³-hybridized carbons (Fsp3) is 0.789. The minimum atomic E-state index is -0.388. The van der Waals surface area contributed by atoms with Gasteiger partial charge in [0, 0.05) is 5.57 Å². The number of hydrogen-bond acceptors (Lipinski definition) is 4. The Kier molecular flexibility index (Phi) is 8.35. The van der Waals surface area contributed by atoms with Gasteiger partial charge in [0.05, 0.1) is 18.8 Å². The van der Waals surface area contributed by atoms with Crippen molar-refractivity contribution >= 4 is 11.9 Å². The molecule has 0 aromatic heterocycles. The lowest BCUT2D eigenvalue weighted by atomic mass is 9.82. The molecule has 0 N–H and O–H groups in total. The summed E-state index contributed by atoms with van der Waals surface area (Å²) < 4.78 is 10.7. The molecule has 0 saturated heterocycles. The predicted molar refractivity (Wildman–Crippen MR) is 90.9 cm³/mol. The van der Waals surface area contributed by atoms with Gasteiger partial charge >= 0.3 is 11.9 Å². The molecule has 0 aliphatic heterocycles. The fourth-order valence-corrected chi connectivity index (χ4v) is 2.80. The summed E-state index contributed by atoms with van der Waals surface area (Å²) in [6, 6.07) is 0. The molecule has 1 aliphatic rings. The lowest BCUT2D eigenvalue weighted by Crippen LogP contribution is -2.24. The van der Waals surface area contributed by atoms with Crippen LogP contribution in [0.2, 0.25) is 0 Å². The van der Waals surface area contributed by atoms with E-state index in [1.54, 1.807) is 6.92 Å². The first-order valence-electron chi connectivity index (χ1n) is 8.87. The molecule has 4 heteroatoms. The van der Waals surface area contributed by atoms with Gasteiger partial charge in [0.2, 0.25) is 0 Å². The Morgan fingerprint density at radius 1 is 0.870 bits per heavy atom. The van der Waals surface area contributed by atoms with Crippen LogP contribution in [0.1, 0.15) is 66.7 Å². The SMILES string of the molecule is CC(C(=O)OCC(C)C)=C(C(=O)OCC(C)C)C1CCCCC1. The summed E-state index contributed by atoms with van der Waals surface area (Å²) in [7, 11) is 0. The second-order valence-corrected chi connectivity index (χ2v) is 7.36. The van der Waals surface area contributed by atoms with Crippen LogP contribution < -0.4 is 0 Å². The average Bonchev–Trinajstić information content (AvgIpc) is 2.51. The van der Waals surface area contributed by atoms with Crippen LogP contribution in [0.15, 0.2) is 11.1 Å². The maximum Gasteiger partial charge on any atom is 0.334 e. The third-order valence-corrected chi connectivity index (χ3v) is 4.04. The van der Waals surface area contributed by atoms with Gasteiger partial charge < -0.3 is 9.47 Å². The largest absolute Gasteiger partial charge is 0.462 e. The van der Waals surface area contributed by atoms with Crippen LogP contribution in [0.3, 0.4) is 0 Å². The van der Waals surface area contributed by atoms with Gasteiger partial charge in [-0.25, -0.2) is 9.59 Å². The number of carbonyl (C=O) groups is 2. The zero-order valence-corrected chi connectivity index (χ0v) is 15.3. The van der Waals surface area contributed by atoms with Gasteiger partial charge in [-0.1, -0.05) is 47.0 Å². The highest BCUT2D eigenvalue weighted by atomic mass is 16.5. The summed E-state index contributed by atoms with van der Waals surface area (Å²) in [5.74, 6) is -0.0575. The first-order valence-corrected chi connectivity index (χ1v) is 8.87. The second kappa shape index (κ2) is 9.74. The van der Waals surface area contributed by atoms with Crippen molar-refractivity contribution in [2.24, 2.45) is 17.8 Å². The van der Waals surface area contributed by atoms with Crippen LogP contribution in [-0.2, 0) is 19.1 Å². The number of ether oxygens (including phenoxy) is 2. The van der Waals surface area contributed by atoms with E-state index in [0.717, 1.165) is 25.7 Å². The van der Waals surface area contributed by atoms with E-state index < -0.39 is 0 Å². The number of rotatable bonds is 7. The molecule has 1 saturated carbocycles. The molecule has 0 spiro atoms. The number of esters is 2. The molecule has 0 bridgehead atoms.